The fourth-order valence-corrected chi connectivity index (χ4v) is 4.82. The zero-order valence-electron chi connectivity index (χ0n) is 16.3. The summed E-state index contributed by atoms with van der Waals surface area (Å²) in [6.45, 7) is 1.83. The average molecular weight is 402 g/mol. The molecule has 1 aromatic carbocycles. The monoisotopic (exact) mass is 401 g/mol. The number of rotatable bonds is 8. The Kier molecular flexibility index (Phi) is 6.80. The number of nitrogens with zero attached hydrogens (tertiary/aromatic N) is 3. The summed E-state index contributed by atoms with van der Waals surface area (Å²) in [7, 11) is -1.58. The molecule has 0 atom stereocenters. The van der Waals surface area contributed by atoms with Gasteiger partial charge in [0, 0.05) is 51.4 Å². The Labute approximate surface area is 167 Å². The fraction of sp³-hybridized carbons (Fsp3) is 0.429. The van der Waals surface area contributed by atoms with Crippen molar-refractivity contribution in [2.45, 2.75) is 37.0 Å². The SMILES string of the molecule is CN(CCc1ccccn1)C(=O)CCc1ccc(S(=O)(=O)N2CCCC2)cc1. The summed E-state index contributed by atoms with van der Waals surface area (Å²) < 4.78 is 26.6. The molecule has 3 rings (SSSR count). The summed E-state index contributed by atoms with van der Waals surface area (Å²) in [6, 6.07) is 12.7. The van der Waals surface area contributed by atoms with Crippen LogP contribution in [-0.4, -0.2) is 55.2 Å². The van der Waals surface area contributed by atoms with Crippen molar-refractivity contribution in [3.63, 3.8) is 0 Å². The van der Waals surface area contributed by atoms with Gasteiger partial charge in [0.25, 0.3) is 0 Å². The molecule has 1 aliphatic heterocycles. The zero-order chi connectivity index (χ0) is 20.0. The Balaban J connectivity index is 1.49. The van der Waals surface area contributed by atoms with E-state index < -0.39 is 10.0 Å². The van der Waals surface area contributed by atoms with Crippen molar-refractivity contribution in [2.75, 3.05) is 26.7 Å². The molecule has 28 heavy (non-hydrogen) atoms. The molecule has 1 fully saturated rings. The normalized spacial score (nSPS) is 14.9. The lowest BCUT2D eigenvalue weighted by molar-refractivity contribution is -0.129. The molecular weight excluding hydrogens is 374 g/mol. The smallest absolute Gasteiger partial charge is 0.243 e. The Hall–Kier alpha value is -2.25. The van der Waals surface area contributed by atoms with Gasteiger partial charge in [0.05, 0.1) is 4.90 Å². The van der Waals surface area contributed by atoms with Gasteiger partial charge in [-0.05, 0) is 49.1 Å². The first-order chi connectivity index (χ1) is 13.5. The van der Waals surface area contributed by atoms with Gasteiger partial charge in [-0.15, -0.1) is 0 Å². The van der Waals surface area contributed by atoms with Crippen LogP contribution in [0.4, 0.5) is 0 Å². The number of amides is 1. The number of sulfonamides is 1. The van der Waals surface area contributed by atoms with E-state index >= 15 is 0 Å². The molecule has 0 unspecified atom stereocenters. The third-order valence-corrected chi connectivity index (χ3v) is 7.02. The van der Waals surface area contributed by atoms with Gasteiger partial charge in [-0.3, -0.25) is 9.78 Å². The maximum absolute atomic E-state index is 12.6. The molecule has 1 aliphatic rings. The number of pyridine rings is 1. The van der Waals surface area contributed by atoms with Crippen LogP contribution in [0.15, 0.2) is 53.6 Å². The third kappa shape index (κ3) is 5.17. The van der Waals surface area contributed by atoms with E-state index in [1.807, 2.05) is 30.3 Å². The summed E-state index contributed by atoms with van der Waals surface area (Å²) in [5, 5.41) is 0. The van der Waals surface area contributed by atoms with Crippen molar-refractivity contribution in [2.24, 2.45) is 0 Å². The molecule has 1 aromatic heterocycles. The van der Waals surface area contributed by atoms with Crippen molar-refractivity contribution in [3.05, 3.63) is 59.9 Å². The van der Waals surface area contributed by atoms with E-state index in [1.54, 1.807) is 34.6 Å². The second-order valence-corrected chi connectivity index (χ2v) is 9.08. The van der Waals surface area contributed by atoms with Gasteiger partial charge in [-0.2, -0.15) is 4.31 Å². The van der Waals surface area contributed by atoms with E-state index in [4.69, 9.17) is 0 Å². The highest BCUT2D eigenvalue weighted by Gasteiger charge is 2.26. The highest BCUT2D eigenvalue weighted by Crippen LogP contribution is 2.21. The number of hydrogen-bond donors (Lipinski definition) is 0. The minimum absolute atomic E-state index is 0.0738. The van der Waals surface area contributed by atoms with Crippen LogP contribution in [-0.2, 0) is 27.7 Å². The molecule has 0 saturated carbocycles. The number of hydrogen-bond acceptors (Lipinski definition) is 4. The van der Waals surface area contributed by atoms with E-state index in [0.717, 1.165) is 30.5 Å². The summed E-state index contributed by atoms with van der Waals surface area (Å²) >= 11 is 0. The quantitative estimate of drug-likeness (QED) is 0.681. The lowest BCUT2D eigenvalue weighted by Crippen LogP contribution is -2.29. The average Bonchev–Trinajstić information content (AvgIpc) is 3.27. The Bertz CT molecular complexity index is 877. The van der Waals surface area contributed by atoms with Gasteiger partial charge in [0.1, 0.15) is 0 Å². The van der Waals surface area contributed by atoms with E-state index in [1.165, 1.54) is 0 Å². The van der Waals surface area contributed by atoms with Gasteiger partial charge in [-0.1, -0.05) is 18.2 Å². The van der Waals surface area contributed by atoms with Crippen LogP contribution in [0.5, 0.6) is 0 Å². The van der Waals surface area contributed by atoms with Crippen LogP contribution in [0.25, 0.3) is 0 Å². The summed E-state index contributed by atoms with van der Waals surface area (Å²) in [4.78, 5) is 18.7. The predicted molar refractivity (Wildman–Crippen MR) is 108 cm³/mol. The van der Waals surface area contributed by atoms with Gasteiger partial charge < -0.3 is 4.90 Å². The van der Waals surface area contributed by atoms with Crippen molar-refractivity contribution in [3.8, 4) is 0 Å². The second kappa shape index (κ2) is 9.30. The first-order valence-corrected chi connectivity index (χ1v) is 11.1. The molecule has 1 saturated heterocycles. The van der Waals surface area contributed by atoms with Gasteiger partial charge in [0.2, 0.25) is 15.9 Å². The molecule has 0 aliphatic carbocycles. The number of carbonyl (C=O) groups excluding carboxylic acids is 1. The number of benzene rings is 1. The molecule has 6 nitrogen and oxygen atoms in total. The highest BCUT2D eigenvalue weighted by atomic mass is 32.2. The number of aryl methyl sites for hydroxylation is 1. The van der Waals surface area contributed by atoms with Crippen molar-refractivity contribution < 1.29 is 13.2 Å². The molecule has 0 N–H and O–H groups in total. The van der Waals surface area contributed by atoms with Crippen LogP contribution < -0.4 is 0 Å². The molecule has 0 bridgehead atoms. The fourth-order valence-electron chi connectivity index (χ4n) is 3.30. The molecule has 1 amide bonds. The van der Waals surface area contributed by atoms with Crippen LogP contribution in [0.2, 0.25) is 0 Å². The molecule has 150 valence electrons. The second-order valence-electron chi connectivity index (χ2n) is 7.14. The van der Waals surface area contributed by atoms with Crippen LogP contribution >= 0.6 is 0 Å². The summed E-state index contributed by atoms with van der Waals surface area (Å²) in [6.07, 6.45) is 5.32. The van der Waals surface area contributed by atoms with Gasteiger partial charge in [-0.25, -0.2) is 8.42 Å². The Morgan fingerprint density at radius 2 is 1.79 bits per heavy atom. The van der Waals surface area contributed by atoms with E-state index in [2.05, 4.69) is 4.98 Å². The minimum Gasteiger partial charge on any atom is -0.345 e. The number of carbonyl (C=O) groups is 1. The molecule has 2 aromatic rings. The molecule has 0 spiro atoms. The van der Waals surface area contributed by atoms with Crippen LogP contribution in [0, 0.1) is 0 Å². The van der Waals surface area contributed by atoms with Gasteiger partial charge >= 0.3 is 0 Å². The highest BCUT2D eigenvalue weighted by molar-refractivity contribution is 7.89. The first-order valence-electron chi connectivity index (χ1n) is 9.70. The molecule has 7 heteroatoms. The van der Waals surface area contributed by atoms with Crippen molar-refractivity contribution in [1.82, 2.24) is 14.2 Å². The minimum atomic E-state index is -3.38. The first kappa shape index (κ1) is 20.5. The third-order valence-electron chi connectivity index (χ3n) is 5.11. The summed E-state index contributed by atoms with van der Waals surface area (Å²) in [5.74, 6) is 0.0738. The van der Waals surface area contributed by atoms with Crippen LogP contribution in [0.3, 0.4) is 0 Å². The predicted octanol–water partition coefficient (Wildman–Crippen LogP) is 2.50. The molecule has 0 radical (unpaired) electrons. The topological polar surface area (TPSA) is 70.6 Å². The van der Waals surface area contributed by atoms with E-state index in [-0.39, 0.29) is 5.91 Å². The standard InChI is InChI=1S/C21H27N3O3S/c1-23(17-13-19-6-2-3-14-22-19)21(25)12-9-18-7-10-20(11-8-18)28(26,27)24-15-4-5-16-24/h2-3,6-8,10-11,14H,4-5,9,12-13,15-17H2,1H3. The summed E-state index contributed by atoms with van der Waals surface area (Å²) in [5.41, 5.74) is 1.93. The maximum Gasteiger partial charge on any atom is 0.243 e. The number of aromatic nitrogens is 1. The zero-order valence-corrected chi connectivity index (χ0v) is 17.1. The van der Waals surface area contributed by atoms with Crippen molar-refractivity contribution in [1.29, 1.82) is 0 Å². The lowest BCUT2D eigenvalue weighted by Gasteiger charge is -2.17. The van der Waals surface area contributed by atoms with Crippen LogP contribution in [0.1, 0.15) is 30.5 Å². The lowest BCUT2D eigenvalue weighted by atomic mass is 10.1. The van der Waals surface area contributed by atoms with E-state index in [0.29, 0.717) is 37.4 Å². The maximum atomic E-state index is 12.6. The van der Waals surface area contributed by atoms with E-state index in [9.17, 15) is 13.2 Å². The molecule has 2 heterocycles. The largest absolute Gasteiger partial charge is 0.345 e. The number of likely N-dealkylation sites (N-methyl/N-ethyl adjacent to an activating group) is 1. The Morgan fingerprint density at radius 3 is 2.43 bits per heavy atom. The molecular formula is C21H27N3O3S. The Morgan fingerprint density at radius 1 is 1.07 bits per heavy atom. The van der Waals surface area contributed by atoms with Crippen molar-refractivity contribution >= 4 is 15.9 Å². The van der Waals surface area contributed by atoms with Gasteiger partial charge in [0.15, 0.2) is 0 Å².